The maximum Gasteiger partial charge on any atom is 0.220 e. The molecular formula is C13H19N3O. The van der Waals surface area contributed by atoms with E-state index >= 15 is 0 Å². The average molecular weight is 233 g/mol. The summed E-state index contributed by atoms with van der Waals surface area (Å²) in [5.74, 6) is 0.758. The summed E-state index contributed by atoms with van der Waals surface area (Å²) in [6.45, 7) is 2.92. The normalized spacial score (nSPS) is 19.2. The molecule has 1 fully saturated rings. The van der Waals surface area contributed by atoms with E-state index < -0.39 is 0 Å². The molecule has 0 spiro atoms. The number of nitrogens with one attached hydrogen (secondary N) is 2. The Kier molecular flexibility index (Phi) is 4.50. The van der Waals surface area contributed by atoms with Gasteiger partial charge in [-0.25, -0.2) is 0 Å². The largest absolute Gasteiger partial charge is 0.356 e. The van der Waals surface area contributed by atoms with E-state index in [0.717, 1.165) is 31.6 Å². The second-order valence-electron chi connectivity index (χ2n) is 4.52. The van der Waals surface area contributed by atoms with Gasteiger partial charge in [-0.3, -0.25) is 9.78 Å². The Balaban J connectivity index is 1.64. The van der Waals surface area contributed by atoms with Gasteiger partial charge in [0.1, 0.15) is 0 Å². The van der Waals surface area contributed by atoms with E-state index in [1.165, 1.54) is 6.42 Å². The quantitative estimate of drug-likeness (QED) is 0.788. The number of carbonyl (C=O) groups is 1. The molecule has 17 heavy (non-hydrogen) atoms. The van der Waals surface area contributed by atoms with Crippen LogP contribution in [0.15, 0.2) is 24.5 Å². The molecular weight excluding hydrogens is 214 g/mol. The smallest absolute Gasteiger partial charge is 0.220 e. The van der Waals surface area contributed by atoms with Gasteiger partial charge < -0.3 is 10.6 Å². The lowest BCUT2D eigenvalue weighted by molar-refractivity contribution is -0.121. The van der Waals surface area contributed by atoms with E-state index in [9.17, 15) is 4.79 Å². The Morgan fingerprint density at radius 2 is 2.29 bits per heavy atom. The molecule has 0 radical (unpaired) electrons. The first-order valence-electron chi connectivity index (χ1n) is 6.21. The molecule has 0 aromatic carbocycles. The van der Waals surface area contributed by atoms with Gasteiger partial charge in [0.2, 0.25) is 5.91 Å². The predicted molar refractivity (Wildman–Crippen MR) is 66.5 cm³/mol. The first-order valence-corrected chi connectivity index (χ1v) is 6.21. The number of amides is 1. The van der Waals surface area contributed by atoms with E-state index in [2.05, 4.69) is 15.6 Å². The Bertz CT molecular complexity index is 347. The van der Waals surface area contributed by atoms with Crippen LogP contribution < -0.4 is 10.6 Å². The summed E-state index contributed by atoms with van der Waals surface area (Å²) in [7, 11) is 0. The number of aryl methyl sites for hydroxylation is 1. The lowest BCUT2D eigenvalue weighted by atomic mass is 10.1. The zero-order valence-electron chi connectivity index (χ0n) is 9.98. The van der Waals surface area contributed by atoms with Crippen LogP contribution in [0, 0.1) is 5.92 Å². The summed E-state index contributed by atoms with van der Waals surface area (Å²) in [6, 6.07) is 3.91. The molecule has 4 heteroatoms. The summed E-state index contributed by atoms with van der Waals surface area (Å²) >= 11 is 0. The second kappa shape index (κ2) is 6.35. The highest BCUT2D eigenvalue weighted by Crippen LogP contribution is 2.06. The molecule has 4 nitrogen and oxygen atoms in total. The molecule has 1 saturated heterocycles. The molecule has 1 aliphatic heterocycles. The van der Waals surface area contributed by atoms with Gasteiger partial charge in [0.15, 0.2) is 0 Å². The number of carbonyl (C=O) groups excluding carboxylic acids is 1. The fourth-order valence-electron chi connectivity index (χ4n) is 2.04. The third-order valence-corrected chi connectivity index (χ3v) is 3.14. The van der Waals surface area contributed by atoms with Crippen molar-refractivity contribution < 1.29 is 4.79 Å². The first-order chi connectivity index (χ1) is 8.34. The Hall–Kier alpha value is -1.42. The summed E-state index contributed by atoms with van der Waals surface area (Å²) in [6.07, 6.45) is 6.04. The van der Waals surface area contributed by atoms with Gasteiger partial charge in [-0.2, -0.15) is 0 Å². The third-order valence-electron chi connectivity index (χ3n) is 3.14. The van der Waals surface area contributed by atoms with E-state index in [4.69, 9.17) is 0 Å². The minimum Gasteiger partial charge on any atom is -0.356 e. The van der Waals surface area contributed by atoms with Crippen LogP contribution in [0.3, 0.4) is 0 Å². The molecule has 0 bridgehead atoms. The SMILES string of the molecule is O=C(CCc1ccncc1)NCC1CCNC1. The molecule has 1 aromatic rings. The van der Waals surface area contributed by atoms with Crippen LogP contribution in [0.1, 0.15) is 18.4 Å². The van der Waals surface area contributed by atoms with Gasteiger partial charge in [-0.05, 0) is 49.5 Å². The molecule has 0 saturated carbocycles. The molecule has 2 heterocycles. The molecule has 1 atom stereocenters. The fourth-order valence-corrected chi connectivity index (χ4v) is 2.04. The van der Waals surface area contributed by atoms with Gasteiger partial charge >= 0.3 is 0 Å². The number of rotatable bonds is 5. The second-order valence-corrected chi connectivity index (χ2v) is 4.52. The minimum atomic E-state index is 0.147. The summed E-state index contributed by atoms with van der Waals surface area (Å²) in [4.78, 5) is 15.6. The molecule has 2 rings (SSSR count). The van der Waals surface area contributed by atoms with Crippen LogP contribution in [0.2, 0.25) is 0 Å². The van der Waals surface area contributed by atoms with Crippen molar-refractivity contribution in [3.8, 4) is 0 Å². The molecule has 2 N–H and O–H groups in total. The lowest BCUT2D eigenvalue weighted by Gasteiger charge is -2.09. The fraction of sp³-hybridized carbons (Fsp3) is 0.538. The minimum absolute atomic E-state index is 0.147. The average Bonchev–Trinajstić information content (AvgIpc) is 2.88. The summed E-state index contributed by atoms with van der Waals surface area (Å²) in [5, 5.41) is 6.30. The Morgan fingerprint density at radius 3 is 3.00 bits per heavy atom. The van der Waals surface area contributed by atoms with Gasteiger partial charge in [0, 0.05) is 25.4 Å². The number of hydrogen-bond donors (Lipinski definition) is 2. The van der Waals surface area contributed by atoms with Crippen LogP contribution in [0.25, 0.3) is 0 Å². The molecule has 1 amide bonds. The molecule has 92 valence electrons. The van der Waals surface area contributed by atoms with Crippen molar-refractivity contribution in [3.63, 3.8) is 0 Å². The zero-order chi connectivity index (χ0) is 11.9. The third kappa shape index (κ3) is 4.15. The highest BCUT2D eigenvalue weighted by atomic mass is 16.1. The van der Waals surface area contributed by atoms with Crippen LogP contribution in [-0.4, -0.2) is 30.5 Å². The first kappa shape index (κ1) is 12.0. The predicted octanol–water partition coefficient (Wildman–Crippen LogP) is 0.740. The zero-order valence-corrected chi connectivity index (χ0v) is 9.98. The van der Waals surface area contributed by atoms with E-state index in [1.807, 2.05) is 12.1 Å². The van der Waals surface area contributed by atoms with Gasteiger partial charge in [-0.15, -0.1) is 0 Å². The van der Waals surface area contributed by atoms with Crippen molar-refractivity contribution in [1.82, 2.24) is 15.6 Å². The standard InChI is InChI=1S/C13H19N3O/c17-13(16-10-12-5-8-15-9-12)2-1-11-3-6-14-7-4-11/h3-4,6-7,12,15H,1-2,5,8-10H2,(H,16,17). The van der Waals surface area contributed by atoms with Crippen molar-refractivity contribution in [2.24, 2.45) is 5.92 Å². The van der Waals surface area contributed by atoms with Gasteiger partial charge in [-0.1, -0.05) is 0 Å². The highest BCUT2D eigenvalue weighted by Gasteiger charge is 2.14. The highest BCUT2D eigenvalue weighted by molar-refractivity contribution is 5.76. The number of nitrogens with zero attached hydrogens (tertiary/aromatic N) is 1. The number of pyridine rings is 1. The van der Waals surface area contributed by atoms with E-state index in [0.29, 0.717) is 12.3 Å². The van der Waals surface area contributed by atoms with Crippen molar-refractivity contribution in [2.75, 3.05) is 19.6 Å². The number of aromatic nitrogens is 1. The lowest BCUT2D eigenvalue weighted by Crippen LogP contribution is -2.30. The van der Waals surface area contributed by atoms with Crippen LogP contribution in [0.5, 0.6) is 0 Å². The van der Waals surface area contributed by atoms with Crippen molar-refractivity contribution in [3.05, 3.63) is 30.1 Å². The van der Waals surface area contributed by atoms with Crippen molar-refractivity contribution in [2.45, 2.75) is 19.3 Å². The van der Waals surface area contributed by atoms with Gasteiger partial charge in [0.25, 0.3) is 0 Å². The maximum absolute atomic E-state index is 11.6. The number of hydrogen-bond acceptors (Lipinski definition) is 3. The monoisotopic (exact) mass is 233 g/mol. The van der Waals surface area contributed by atoms with E-state index in [1.54, 1.807) is 12.4 Å². The van der Waals surface area contributed by atoms with E-state index in [-0.39, 0.29) is 5.91 Å². The molecule has 1 unspecified atom stereocenters. The van der Waals surface area contributed by atoms with Crippen molar-refractivity contribution >= 4 is 5.91 Å². The summed E-state index contributed by atoms with van der Waals surface area (Å²) < 4.78 is 0. The molecule has 0 aliphatic carbocycles. The maximum atomic E-state index is 11.6. The van der Waals surface area contributed by atoms with Crippen LogP contribution >= 0.6 is 0 Å². The van der Waals surface area contributed by atoms with Gasteiger partial charge in [0.05, 0.1) is 0 Å². The summed E-state index contributed by atoms with van der Waals surface area (Å²) in [5.41, 5.74) is 1.16. The Morgan fingerprint density at radius 1 is 1.47 bits per heavy atom. The van der Waals surface area contributed by atoms with Crippen LogP contribution in [-0.2, 0) is 11.2 Å². The van der Waals surface area contributed by atoms with Crippen molar-refractivity contribution in [1.29, 1.82) is 0 Å². The van der Waals surface area contributed by atoms with Crippen LogP contribution in [0.4, 0.5) is 0 Å². The molecule has 1 aromatic heterocycles. The Labute approximate surface area is 102 Å². The molecule has 1 aliphatic rings. The topological polar surface area (TPSA) is 54.0 Å².